The van der Waals surface area contributed by atoms with Crippen LogP contribution in [0, 0.1) is 0 Å². The minimum absolute atomic E-state index is 0.0500. The summed E-state index contributed by atoms with van der Waals surface area (Å²) < 4.78 is 30.8. The number of sulfone groups is 1. The van der Waals surface area contributed by atoms with Crippen molar-refractivity contribution in [2.24, 2.45) is 0 Å². The lowest BCUT2D eigenvalue weighted by Gasteiger charge is -2.35. The lowest BCUT2D eigenvalue weighted by atomic mass is 10.0. The molecule has 0 aliphatic carbocycles. The molecule has 2 fully saturated rings. The molecule has 0 radical (unpaired) electrons. The molecule has 2 saturated heterocycles. The molecule has 1 N–H and O–H groups in total. The molecule has 2 heterocycles. The maximum Gasteiger partial charge on any atom is 0.220 e. The minimum atomic E-state index is -3.09. The number of rotatable bonds is 7. The van der Waals surface area contributed by atoms with E-state index in [9.17, 15) is 13.2 Å². The van der Waals surface area contributed by atoms with Crippen LogP contribution in [-0.2, 0) is 14.6 Å². The predicted octanol–water partition coefficient (Wildman–Crippen LogP) is 2.38. The van der Waals surface area contributed by atoms with E-state index < -0.39 is 9.84 Å². The number of benzene rings is 1. The topological polar surface area (TPSA) is 75.7 Å². The maximum absolute atomic E-state index is 12.3. The quantitative estimate of drug-likeness (QED) is 0.634. The summed E-state index contributed by atoms with van der Waals surface area (Å²) in [5.74, 6) is 0.868. The monoisotopic (exact) mass is 458 g/mol. The molecular formula is C19H27BrN2O4S. The van der Waals surface area contributed by atoms with Crippen molar-refractivity contribution in [1.82, 2.24) is 10.2 Å². The highest BCUT2D eigenvalue weighted by molar-refractivity contribution is 9.10. The van der Waals surface area contributed by atoms with Crippen LogP contribution < -0.4 is 10.1 Å². The Kier molecular flexibility index (Phi) is 7.16. The van der Waals surface area contributed by atoms with E-state index in [2.05, 4.69) is 26.1 Å². The highest BCUT2D eigenvalue weighted by Crippen LogP contribution is 2.22. The number of hydrogen-bond acceptors (Lipinski definition) is 5. The number of ether oxygens (including phenoxy) is 1. The Labute approximate surface area is 169 Å². The number of carbonyl (C=O) groups excluding carboxylic acids is 1. The average Bonchev–Trinajstić information content (AvgIpc) is 2.94. The van der Waals surface area contributed by atoms with Gasteiger partial charge < -0.3 is 10.1 Å². The van der Waals surface area contributed by atoms with E-state index in [1.807, 2.05) is 24.3 Å². The summed E-state index contributed by atoms with van der Waals surface area (Å²) in [7, 11) is -3.09. The molecule has 2 unspecified atom stereocenters. The van der Waals surface area contributed by atoms with E-state index in [4.69, 9.17) is 4.74 Å². The highest BCUT2D eigenvalue weighted by Gasteiger charge is 2.41. The molecule has 1 aromatic rings. The molecule has 6 nitrogen and oxygen atoms in total. The van der Waals surface area contributed by atoms with Gasteiger partial charge in [-0.05, 0) is 50.6 Å². The van der Waals surface area contributed by atoms with E-state index in [0.717, 1.165) is 36.2 Å². The van der Waals surface area contributed by atoms with Crippen molar-refractivity contribution in [3.8, 4) is 5.75 Å². The van der Waals surface area contributed by atoms with E-state index in [-0.39, 0.29) is 29.5 Å². The standard InChI is InChI=1S/C19H27BrN2O4S/c20-15-6-4-7-16(12-15)26-11-5-8-19(23)21-17-13-27(24,25)14-18(17)22-9-2-1-3-10-22/h4,6-7,12,17-18H,1-3,5,8-11,13-14H2,(H,21,23). The Balaban J connectivity index is 1.45. The van der Waals surface area contributed by atoms with Gasteiger partial charge in [-0.2, -0.15) is 0 Å². The van der Waals surface area contributed by atoms with Crippen molar-refractivity contribution in [2.45, 2.75) is 44.2 Å². The van der Waals surface area contributed by atoms with Crippen LogP contribution in [0.15, 0.2) is 28.7 Å². The number of amides is 1. The van der Waals surface area contributed by atoms with Crippen LogP contribution >= 0.6 is 15.9 Å². The number of piperidine rings is 1. The van der Waals surface area contributed by atoms with E-state index in [1.165, 1.54) is 6.42 Å². The molecule has 1 amide bonds. The molecule has 2 atom stereocenters. The maximum atomic E-state index is 12.3. The number of nitrogens with one attached hydrogen (secondary N) is 1. The Bertz CT molecular complexity index is 750. The summed E-state index contributed by atoms with van der Waals surface area (Å²) in [6.45, 7) is 2.29. The van der Waals surface area contributed by atoms with Gasteiger partial charge in [0.05, 0.1) is 24.2 Å². The van der Waals surface area contributed by atoms with Crippen LogP contribution in [0.1, 0.15) is 32.1 Å². The first-order valence-corrected chi connectivity index (χ1v) is 12.2. The van der Waals surface area contributed by atoms with Gasteiger partial charge in [0.1, 0.15) is 5.75 Å². The molecule has 8 heteroatoms. The molecule has 3 rings (SSSR count). The van der Waals surface area contributed by atoms with Crippen molar-refractivity contribution in [3.63, 3.8) is 0 Å². The largest absolute Gasteiger partial charge is 0.494 e. The summed E-state index contributed by atoms with van der Waals surface area (Å²) in [6.07, 6.45) is 4.32. The van der Waals surface area contributed by atoms with E-state index in [0.29, 0.717) is 19.4 Å². The fraction of sp³-hybridized carbons (Fsp3) is 0.632. The Morgan fingerprint density at radius 2 is 2.00 bits per heavy atom. The van der Waals surface area contributed by atoms with Crippen LogP contribution in [0.5, 0.6) is 5.75 Å². The zero-order valence-electron chi connectivity index (χ0n) is 15.4. The third-order valence-electron chi connectivity index (χ3n) is 5.14. The minimum Gasteiger partial charge on any atom is -0.494 e. The second-order valence-electron chi connectivity index (χ2n) is 7.32. The first-order chi connectivity index (χ1) is 12.9. The summed E-state index contributed by atoms with van der Waals surface area (Å²) in [6, 6.07) is 7.19. The summed E-state index contributed by atoms with van der Waals surface area (Å²) >= 11 is 3.39. The molecule has 2 aliphatic rings. The van der Waals surface area contributed by atoms with Gasteiger partial charge in [0.2, 0.25) is 5.91 Å². The second kappa shape index (κ2) is 9.39. The third-order valence-corrected chi connectivity index (χ3v) is 7.35. The molecule has 0 spiro atoms. The third kappa shape index (κ3) is 6.19. The van der Waals surface area contributed by atoms with Gasteiger partial charge in [-0.3, -0.25) is 9.69 Å². The van der Waals surface area contributed by atoms with Crippen molar-refractivity contribution < 1.29 is 17.9 Å². The smallest absolute Gasteiger partial charge is 0.220 e. The van der Waals surface area contributed by atoms with Crippen molar-refractivity contribution in [1.29, 1.82) is 0 Å². The van der Waals surface area contributed by atoms with E-state index >= 15 is 0 Å². The SMILES string of the molecule is O=C(CCCOc1cccc(Br)c1)NC1CS(=O)(=O)CC1N1CCCCC1. The molecule has 0 bridgehead atoms. The molecule has 27 heavy (non-hydrogen) atoms. The van der Waals surface area contributed by atoms with Gasteiger partial charge in [-0.15, -0.1) is 0 Å². The number of nitrogens with zero attached hydrogens (tertiary/aromatic N) is 1. The first-order valence-electron chi connectivity index (χ1n) is 9.55. The first kappa shape index (κ1) is 20.6. The fourth-order valence-electron chi connectivity index (χ4n) is 3.84. The van der Waals surface area contributed by atoms with Crippen LogP contribution in [0.2, 0.25) is 0 Å². The molecule has 0 saturated carbocycles. The highest BCUT2D eigenvalue weighted by atomic mass is 79.9. The van der Waals surface area contributed by atoms with Gasteiger partial charge in [0.15, 0.2) is 9.84 Å². The fourth-order valence-corrected chi connectivity index (χ4v) is 6.17. The number of carbonyl (C=O) groups is 1. The van der Waals surface area contributed by atoms with Crippen molar-refractivity contribution in [2.75, 3.05) is 31.2 Å². The van der Waals surface area contributed by atoms with Crippen molar-refractivity contribution >= 4 is 31.7 Å². The summed E-state index contributed by atoms with van der Waals surface area (Å²) in [5.41, 5.74) is 0. The van der Waals surface area contributed by atoms with Gasteiger partial charge in [0, 0.05) is 16.9 Å². The van der Waals surface area contributed by atoms with Gasteiger partial charge in [-0.25, -0.2) is 8.42 Å². The normalized spacial score (nSPS) is 25.2. The molecular weight excluding hydrogens is 432 g/mol. The lowest BCUT2D eigenvalue weighted by molar-refractivity contribution is -0.122. The Morgan fingerprint density at radius 1 is 1.22 bits per heavy atom. The van der Waals surface area contributed by atoms with Crippen LogP contribution in [-0.4, -0.2) is 62.5 Å². The van der Waals surface area contributed by atoms with Gasteiger partial charge >= 0.3 is 0 Å². The molecule has 1 aromatic carbocycles. The molecule has 0 aromatic heterocycles. The zero-order chi connectivity index (χ0) is 19.3. The second-order valence-corrected chi connectivity index (χ2v) is 10.4. The van der Waals surface area contributed by atoms with Crippen LogP contribution in [0.4, 0.5) is 0 Å². The Morgan fingerprint density at radius 3 is 2.74 bits per heavy atom. The summed E-state index contributed by atoms with van der Waals surface area (Å²) in [4.78, 5) is 14.6. The van der Waals surface area contributed by atoms with Crippen LogP contribution in [0.3, 0.4) is 0 Å². The number of likely N-dealkylation sites (tertiary alicyclic amines) is 1. The number of halogens is 1. The summed E-state index contributed by atoms with van der Waals surface area (Å²) in [5, 5.41) is 2.97. The Hall–Kier alpha value is -1.12. The zero-order valence-corrected chi connectivity index (χ0v) is 17.8. The average molecular weight is 459 g/mol. The van der Waals surface area contributed by atoms with Gasteiger partial charge in [-0.1, -0.05) is 28.4 Å². The number of hydrogen-bond donors (Lipinski definition) is 1. The van der Waals surface area contributed by atoms with Crippen LogP contribution in [0.25, 0.3) is 0 Å². The predicted molar refractivity (Wildman–Crippen MR) is 109 cm³/mol. The lowest BCUT2D eigenvalue weighted by Crippen LogP contribution is -2.52. The molecule has 2 aliphatic heterocycles. The van der Waals surface area contributed by atoms with Gasteiger partial charge in [0.25, 0.3) is 0 Å². The van der Waals surface area contributed by atoms with Crippen molar-refractivity contribution in [3.05, 3.63) is 28.7 Å². The van der Waals surface area contributed by atoms with E-state index in [1.54, 1.807) is 0 Å². The molecule has 150 valence electrons.